The molecule has 0 saturated heterocycles. The van der Waals surface area contributed by atoms with E-state index in [0.29, 0.717) is 6.54 Å². The Morgan fingerprint density at radius 1 is 1.50 bits per heavy atom. The molecule has 0 bridgehead atoms. The van der Waals surface area contributed by atoms with Crippen molar-refractivity contribution >= 4 is 5.91 Å². The van der Waals surface area contributed by atoms with Crippen LogP contribution in [0.1, 0.15) is 37.7 Å². The van der Waals surface area contributed by atoms with E-state index in [0.717, 1.165) is 37.7 Å². The second-order valence-corrected chi connectivity index (χ2v) is 5.24. The minimum absolute atomic E-state index is 0.00564. The number of amides is 1. The van der Waals surface area contributed by atoms with Crippen LogP contribution in [0.15, 0.2) is 12.4 Å². The summed E-state index contributed by atoms with van der Waals surface area (Å²) in [5.41, 5.74) is 6.66. The zero-order valence-corrected chi connectivity index (χ0v) is 11.0. The van der Waals surface area contributed by atoms with Gasteiger partial charge in [-0.2, -0.15) is 5.10 Å². The fourth-order valence-corrected chi connectivity index (χ4v) is 2.51. The van der Waals surface area contributed by atoms with Crippen LogP contribution in [0.5, 0.6) is 0 Å². The number of nitrogens with two attached hydrogens (primary N) is 1. The van der Waals surface area contributed by atoms with E-state index in [4.69, 9.17) is 5.73 Å². The average molecular weight is 250 g/mol. The highest BCUT2D eigenvalue weighted by Gasteiger charge is 2.34. The van der Waals surface area contributed by atoms with Crippen molar-refractivity contribution in [1.82, 2.24) is 15.1 Å². The molecule has 1 fully saturated rings. The molecular formula is C13H22N4O. The molecule has 5 nitrogen and oxygen atoms in total. The Kier molecular flexibility index (Phi) is 4.01. The van der Waals surface area contributed by atoms with E-state index in [1.54, 1.807) is 4.68 Å². The molecule has 1 aromatic rings. The summed E-state index contributed by atoms with van der Waals surface area (Å²) in [4.78, 5) is 12.1. The third kappa shape index (κ3) is 3.10. The smallest absolute Gasteiger partial charge is 0.240 e. The van der Waals surface area contributed by atoms with Gasteiger partial charge in [-0.15, -0.1) is 0 Å². The molecule has 1 aliphatic rings. The van der Waals surface area contributed by atoms with Gasteiger partial charge >= 0.3 is 0 Å². The summed E-state index contributed by atoms with van der Waals surface area (Å²) in [5.74, 6) is 0.00564. The number of hydrogen-bond donors (Lipinski definition) is 2. The Morgan fingerprint density at radius 3 is 2.83 bits per heavy atom. The van der Waals surface area contributed by atoms with Crippen LogP contribution >= 0.6 is 0 Å². The van der Waals surface area contributed by atoms with Gasteiger partial charge in [0.15, 0.2) is 0 Å². The summed E-state index contributed by atoms with van der Waals surface area (Å²) in [6.45, 7) is 0.628. The van der Waals surface area contributed by atoms with Crippen LogP contribution in [0.25, 0.3) is 0 Å². The van der Waals surface area contributed by atoms with Gasteiger partial charge in [0.1, 0.15) is 0 Å². The van der Waals surface area contributed by atoms with Gasteiger partial charge in [-0.05, 0) is 24.8 Å². The molecule has 100 valence electrons. The summed E-state index contributed by atoms with van der Waals surface area (Å²) >= 11 is 0. The lowest BCUT2D eigenvalue weighted by molar-refractivity contribution is -0.127. The molecule has 0 spiro atoms. The molecule has 3 N–H and O–H groups in total. The van der Waals surface area contributed by atoms with Crippen LogP contribution in [0.3, 0.4) is 0 Å². The van der Waals surface area contributed by atoms with E-state index in [1.807, 2.05) is 19.4 Å². The summed E-state index contributed by atoms with van der Waals surface area (Å²) in [6, 6.07) is 0. The minimum atomic E-state index is -0.632. The van der Waals surface area contributed by atoms with Crippen molar-refractivity contribution in [2.24, 2.45) is 12.8 Å². The highest BCUT2D eigenvalue weighted by atomic mass is 16.2. The molecule has 0 atom stereocenters. The number of nitrogens with one attached hydrogen (secondary N) is 1. The number of aryl methyl sites for hydroxylation is 1. The largest absolute Gasteiger partial charge is 0.354 e. The zero-order valence-electron chi connectivity index (χ0n) is 11.0. The lowest BCUT2D eigenvalue weighted by atomic mass is 9.82. The maximum Gasteiger partial charge on any atom is 0.240 e. The zero-order chi connectivity index (χ0) is 13.0. The standard InChI is InChI=1S/C13H22N4O/c1-17-10-11(9-16-17)5-8-15-12(18)13(14)6-3-2-4-7-13/h9-10H,2-8,14H2,1H3,(H,15,18). The highest BCUT2D eigenvalue weighted by Crippen LogP contribution is 2.25. The lowest BCUT2D eigenvalue weighted by Crippen LogP contribution is -2.55. The van der Waals surface area contributed by atoms with Crippen molar-refractivity contribution in [2.75, 3.05) is 6.54 Å². The number of rotatable bonds is 4. The molecule has 1 aliphatic carbocycles. The SMILES string of the molecule is Cn1cc(CCNC(=O)C2(N)CCCCC2)cn1. The van der Waals surface area contributed by atoms with E-state index in [2.05, 4.69) is 10.4 Å². The predicted molar refractivity (Wildman–Crippen MR) is 69.9 cm³/mol. The first-order valence-corrected chi connectivity index (χ1v) is 6.65. The molecule has 0 aromatic carbocycles. The van der Waals surface area contributed by atoms with Crippen molar-refractivity contribution in [2.45, 2.75) is 44.1 Å². The van der Waals surface area contributed by atoms with Gasteiger partial charge in [-0.25, -0.2) is 0 Å². The highest BCUT2D eigenvalue weighted by molar-refractivity contribution is 5.86. The lowest BCUT2D eigenvalue weighted by Gasteiger charge is -2.31. The molecule has 2 rings (SSSR count). The third-order valence-corrected chi connectivity index (χ3v) is 3.66. The fourth-order valence-electron chi connectivity index (χ4n) is 2.51. The fraction of sp³-hybridized carbons (Fsp3) is 0.692. The van der Waals surface area contributed by atoms with Gasteiger partial charge in [0.25, 0.3) is 0 Å². The Labute approximate surface area is 108 Å². The van der Waals surface area contributed by atoms with Gasteiger partial charge in [-0.3, -0.25) is 9.48 Å². The molecule has 0 unspecified atom stereocenters. The third-order valence-electron chi connectivity index (χ3n) is 3.66. The average Bonchev–Trinajstić information content (AvgIpc) is 2.76. The van der Waals surface area contributed by atoms with E-state index >= 15 is 0 Å². The van der Waals surface area contributed by atoms with Crippen LogP contribution in [-0.4, -0.2) is 27.8 Å². The maximum atomic E-state index is 12.1. The summed E-state index contributed by atoms with van der Waals surface area (Å²) < 4.78 is 1.77. The second kappa shape index (κ2) is 5.52. The van der Waals surface area contributed by atoms with Crippen LogP contribution in [0.4, 0.5) is 0 Å². The summed E-state index contributed by atoms with van der Waals surface area (Å²) in [6.07, 6.45) is 9.53. The first kappa shape index (κ1) is 13.1. The Bertz CT molecular complexity index is 407. The minimum Gasteiger partial charge on any atom is -0.354 e. The molecule has 0 aliphatic heterocycles. The molecule has 0 radical (unpaired) electrons. The number of carbonyl (C=O) groups is 1. The monoisotopic (exact) mass is 250 g/mol. The number of aromatic nitrogens is 2. The van der Waals surface area contributed by atoms with Crippen LogP contribution < -0.4 is 11.1 Å². The number of nitrogens with zero attached hydrogens (tertiary/aromatic N) is 2. The topological polar surface area (TPSA) is 72.9 Å². The molecule has 1 saturated carbocycles. The van der Waals surface area contributed by atoms with Crippen molar-refractivity contribution in [3.05, 3.63) is 18.0 Å². The Hall–Kier alpha value is -1.36. The number of hydrogen-bond acceptors (Lipinski definition) is 3. The van der Waals surface area contributed by atoms with Crippen LogP contribution in [0.2, 0.25) is 0 Å². The quantitative estimate of drug-likeness (QED) is 0.828. The van der Waals surface area contributed by atoms with Crippen molar-refractivity contribution in [3.63, 3.8) is 0 Å². The normalized spacial score (nSPS) is 18.6. The van der Waals surface area contributed by atoms with E-state index in [-0.39, 0.29) is 5.91 Å². The Morgan fingerprint density at radius 2 is 2.22 bits per heavy atom. The van der Waals surface area contributed by atoms with Gasteiger partial charge in [0, 0.05) is 19.8 Å². The van der Waals surface area contributed by atoms with E-state index < -0.39 is 5.54 Å². The van der Waals surface area contributed by atoms with Gasteiger partial charge in [-0.1, -0.05) is 19.3 Å². The first-order chi connectivity index (χ1) is 8.60. The Balaban J connectivity index is 1.77. The molecule has 5 heteroatoms. The van der Waals surface area contributed by atoms with Crippen LogP contribution in [-0.2, 0) is 18.3 Å². The molecular weight excluding hydrogens is 228 g/mol. The summed E-state index contributed by atoms with van der Waals surface area (Å²) in [5, 5.41) is 7.05. The molecule has 1 heterocycles. The van der Waals surface area contributed by atoms with Crippen molar-refractivity contribution in [1.29, 1.82) is 0 Å². The number of carbonyl (C=O) groups excluding carboxylic acids is 1. The van der Waals surface area contributed by atoms with Gasteiger partial charge < -0.3 is 11.1 Å². The van der Waals surface area contributed by atoms with E-state index in [9.17, 15) is 4.79 Å². The predicted octanol–water partition coefficient (Wildman–Crippen LogP) is 0.740. The van der Waals surface area contributed by atoms with Gasteiger partial charge in [0.05, 0.1) is 11.7 Å². The van der Waals surface area contributed by atoms with Crippen molar-refractivity contribution in [3.8, 4) is 0 Å². The first-order valence-electron chi connectivity index (χ1n) is 6.65. The van der Waals surface area contributed by atoms with Gasteiger partial charge in [0.2, 0.25) is 5.91 Å². The maximum absolute atomic E-state index is 12.1. The summed E-state index contributed by atoms with van der Waals surface area (Å²) in [7, 11) is 1.89. The second-order valence-electron chi connectivity index (χ2n) is 5.24. The van der Waals surface area contributed by atoms with Crippen molar-refractivity contribution < 1.29 is 4.79 Å². The van der Waals surface area contributed by atoms with Crippen LogP contribution in [0, 0.1) is 0 Å². The molecule has 18 heavy (non-hydrogen) atoms. The molecule has 1 amide bonds. The van der Waals surface area contributed by atoms with E-state index in [1.165, 1.54) is 6.42 Å². The molecule has 1 aromatic heterocycles.